The van der Waals surface area contributed by atoms with Crippen molar-refractivity contribution in [3.8, 4) is 0 Å². The molecule has 1 N–H and O–H groups in total. The summed E-state index contributed by atoms with van der Waals surface area (Å²) in [5, 5.41) is 2.56. The highest BCUT2D eigenvalue weighted by Gasteiger charge is 2.23. The molecule has 0 unspecified atom stereocenters. The van der Waals surface area contributed by atoms with Gasteiger partial charge in [-0.1, -0.05) is 5.57 Å². The Morgan fingerprint density at radius 3 is 2.60 bits per heavy atom. The zero-order valence-corrected chi connectivity index (χ0v) is 6.48. The summed E-state index contributed by atoms with van der Waals surface area (Å²) >= 11 is 0. The van der Waals surface area contributed by atoms with Gasteiger partial charge in [0.1, 0.15) is 0 Å². The molecule has 0 radical (unpaired) electrons. The van der Waals surface area contributed by atoms with Crippen molar-refractivity contribution in [3.63, 3.8) is 0 Å². The average Bonchev–Trinajstić information content (AvgIpc) is 2.68. The molecule has 2 nitrogen and oxygen atoms in total. The van der Waals surface area contributed by atoms with Gasteiger partial charge in [0.25, 0.3) is 0 Å². The predicted molar refractivity (Wildman–Crippen MR) is 40.5 cm³/mol. The molecule has 1 fully saturated rings. The highest BCUT2D eigenvalue weighted by molar-refractivity contribution is 5.87. The van der Waals surface area contributed by atoms with E-state index >= 15 is 0 Å². The normalized spacial score (nSPS) is 18.8. The molecule has 0 atom stereocenters. The highest BCUT2D eigenvalue weighted by atomic mass is 16.1. The van der Waals surface area contributed by atoms with Crippen molar-refractivity contribution in [3.05, 3.63) is 11.6 Å². The van der Waals surface area contributed by atoms with Crippen molar-refractivity contribution >= 4 is 5.91 Å². The number of hydrogen-bond acceptors (Lipinski definition) is 1. The van der Waals surface area contributed by atoms with Crippen molar-refractivity contribution in [2.45, 2.75) is 19.8 Å². The molecular formula is C8H13NO. The molecule has 1 aliphatic rings. The van der Waals surface area contributed by atoms with Gasteiger partial charge in [-0.3, -0.25) is 4.79 Å². The number of rotatable bonds is 2. The van der Waals surface area contributed by atoms with Crippen molar-refractivity contribution in [2.75, 3.05) is 7.05 Å². The fourth-order valence-corrected chi connectivity index (χ4v) is 0.935. The lowest BCUT2D eigenvalue weighted by Gasteiger charge is -1.95. The molecular weight excluding hydrogens is 126 g/mol. The summed E-state index contributed by atoms with van der Waals surface area (Å²) < 4.78 is 0. The first kappa shape index (κ1) is 7.32. The number of amides is 1. The van der Waals surface area contributed by atoms with Crippen LogP contribution in [0.4, 0.5) is 0 Å². The smallest absolute Gasteiger partial charge is 0.243 e. The Morgan fingerprint density at radius 2 is 2.20 bits per heavy atom. The lowest BCUT2D eigenvalue weighted by molar-refractivity contribution is -0.116. The second kappa shape index (κ2) is 2.86. The van der Waals surface area contributed by atoms with E-state index in [9.17, 15) is 4.79 Å². The third-order valence-corrected chi connectivity index (χ3v) is 1.83. The van der Waals surface area contributed by atoms with E-state index in [2.05, 4.69) is 5.32 Å². The molecule has 1 rings (SSSR count). The van der Waals surface area contributed by atoms with E-state index in [0.717, 1.165) is 0 Å². The molecule has 0 saturated heterocycles. The number of likely N-dealkylation sites (N-methyl/N-ethyl adjacent to an activating group) is 1. The molecule has 10 heavy (non-hydrogen) atoms. The van der Waals surface area contributed by atoms with Crippen molar-refractivity contribution in [2.24, 2.45) is 5.92 Å². The van der Waals surface area contributed by atoms with Crippen molar-refractivity contribution < 1.29 is 4.79 Å². The molecule has 1 saturated carbocycles. The van der Waals surface area contributed by atoms with Gasteiger partial charge in [-0.25, -0.2) is 0 Å². The van der Waals surface area contributed by atoms with Gasteiger partial charge >= 0.3 is 0 Å². The SMILES string of the molecule is CNC(=O)/C=C(/C)C1CC1. The van der Waals surface area contributed by atoms with Crippen molar-refractivity contribution in [1.29, 1.82) is 0 Å². The Morgan fingerprint density at radius 1 is 1.60 bits per heavy atom. The Kier molecular flexibility index (Phi) is 2.10. The van der Waals surface area contributed by atoms with Crippen LogP contribution in [0.25, 0.3) is 0 Å². The first-order chi connectivity index (χ1) is 4.74. The summed E-state index contributed by atoms with van der Waals surface area (Å²) in [5.41, 5.74) is 1.22. The minimum absolute atomic E-state index is 0.0180. The Bertz CT molecular complexity index is 168. The van der Waals surface area contributed by atoms with Crippen LogP contribution in [0, 0.1) is 5.92 Å². The van der Waals surface area contributed by atoms with Crippen LogP contribution < -0.4 is 5.32 Å². The van der Waals surface area contributed by atoms with Gasteiger partial charge in [0.05, 0.1) is 0 Å². The zero-order valence-electron chi connectivity index (χ0n) is 6.48. The van der Waals surface area contributed by atoms with Crippen LogP contribution in [0.2, 0.25) is 0 Å². The van der Waals surface area contributed by atoms with Gasteiger partial charge in [0.15, 0.2) is 0 Å². The van der Waals surface area contributed by atoms with Crippen molar-refractivity contribution in [1.82, 2.24) is 5.32 Å². The lowest BCUT2D eigenvalue weighted by atomic mass is 10.2. The molecule has 56 valence electrons. The molecule has 0 aromatic rings. The maximum atomic E-state index is 10.8. The molecule has 0 aromatic heterocycles. The predicted octanol–water partition coefficient (Wildman–Crippen LogP) is 1.09. The van der Waals surface area contributed by atoms with Crippen LogP contribution in [0.1, 0.15) is 19.8 Å². The first-order valence-electron chi connectivity index (χ1n) is 3.64. The highest BCUT2D eigenvalue weighted by Crippen LogP contribution is 2.35. The van der Waals surface area contributed by atoms with Gasteiger partial charge in [0, 0.05) is 13.1 Å². The van der Waals surface area contributed by atoms with Gasteiger partial charge < -0.3 is 5.32 Å². The number of carbonyl (C=O) groups excluding carboxylic acids is 1. The number of carbonyl (C=O) groups is 1. The van der Waals surface area contributed by atoms with Crippen LogP contribution in [-0.4, -0.2) is 13.0 Å². The molecule has 1 amide bonds. The average molecular weight is 139 g/mol. The number of allylic oxidation sites excluding steroid dienone is 1. The maximum absolute atomic E-state index is 10.8. The van der Waals surface area contributed by atoms with E-state index in [1.807, 2.05) is 6.92 Å². The monoisotopic (exact) mass is 139 g/mol. The van der Waals surface area contributed by atoms with Crippen LogP contribution in [0.15, 0.2) is 11.6 Å². The fourth-order valence-electron chi connectivity index (χ4n) is 0.935. The summed E-state index contributed by atoms with van der Waals surface area (Å²) in [7, 11) is 1.65. The quantitative estimate of drug-likeness (QED) is 0.570. The van der Waals surface area contributed by atoms with E-state index in [1.54, 1.807) is 13.1 Å². The third-order valence-electron chi connectivity index (χ3n) is 1.83. The molecule has 0 aliphatic heterocycles. The van der Waals surface area contributed by atoms with Crippen LogP contribution >= 0.6 is 0 Å². The molecule has 1 aliphatic carbocycles. The number of hydrogen-bond donors (Lipinski definition) is 1. The summed E-state index contributed by atoms with van der Waals surface area (Å²) in [5.74, 6) is 0.724. The van der Waals surface area contributed by atoms with E-state index in [4.69, 9.17) is 0 Å². The summed E-state index contributed by atoms with van der Waals surface area (Å²) in [6.07, 6.45) is 4.22. The molecule has 0 spiro atoms. The lowest BCUT2D eigenvalue weighted by Crippen LogP contribution is -2.14. The minimum Gasteiger partial charge on any atom is -0.356 e. The molecule has 0 heterocycles. The maximum Gasteiger partial charge on any atom is 0.243 e. The zero-order chi connectivity index (χ0) is 7.56. The second-order valence-corrected chi connectivity index (χ2v) is 2.78. The summed E-state index contributed by atoms with van der Waals surface area (Å²) in [6.45, 7) is 2.02. The second-order valence-electron chi connectivity index (χ2n) is 2.78. The first-order valence-corrected chi connectivity index (χ1v) is 3.64. The van der Waals surface area contributed by atoms with E-state index in [0.29, 0.717) is 5.92 Å². The van der Waals surface area contributed by atoms with E-state index in [1.165, 1.54) is 18.4 Å². The van der Waals surface area contributed by atoms with Gasteiger partial charge in [0.2, 0.25) is 5.91 Å². The van der Waals surface area contributed by atoms with E-state index in [-0.39, 0.29) is 5.91 Å². The van der Waals surface area contributed by atoms with Gasteiger partial charge in [-0.2, -0.15) is 0 Å². The topological polar surface area (TPSA) is 29.1 Å². The summed E-state index contributed by atoms with van der Waals surface area (Å²) in [4.78, 5) is 10.8. The Labute approximate surface area is 61.3 Å². The van der Waals surface area contributed by atoms with Crippen LogP contribution in [0.3, 0.4) is 0 Å². The minimum atomic E-state index is 0.0180. The molecule has 2 heteroatoms. The Balaban J connectivity index is 2.43. The summed E-state index contributed by atoms with van der Waals surface area (Å²) in [6, 6.07) is 0. The molecule has 0 bridgehead atoms. The Hall–Kier alpha value is -0.790. The van der Waals surface area contributed by atoms with Gasteiger partial charge in [-0.15, -0.1) is 0 Å². The number of nitrogens with one attached hydrogen (secondary N) is 1. The third kappa shape index (κ3) is 1.87. The van der Waals surface area contributed by atoms with Gasteiger partial charge in [-0.05, 0) is 25.7 Å². The van der Waals surface area contributed by atoms with E-state index < -0.39 is 0 Å². The standard InChI is InChI=1S/C8H13NO/c1-6(7-3-4-7)5-8(10)9-2/h5,7H,3-4H2,1-2H3,(H,9,10)/b6-5-. The fraction of sp³-hybridized carbons (Fsp3) is 0.625. The largest absolute Gasteiger partial charge is 0.356 e. The van der Waals surface area contributed by atoms with Crippen LogP contribution in [-0.2, 0) is 4.79 Å². The molecule has 0 aromatic carbocycles. The van der Waals surface area contributed by atoms with Crippen LogP contribution in [0.5, 0.6) is 0 Å².